The van der Waals surface area contributed by atoms with Crippen LogP contribution >= 0.6 is 0 Å². The third kappa shape index (κ3) is 5.87. The summed E-state index contributed by atoms with van der Waals surface area (Å²) in [6.45, 7) is 5.82. The first-order valence-corrected chi connectivity index (χ1v) is 11.0. The van der Waals surface area contributed by atoms with E-state index in [1.54, 1.807) is 38.4 Å². The van der Waals surface area contributed by atoms with E-state index in [0.29, 0.717) is 22.7 Å². The molecule has 0 aliphatic carbocycles. The summed E-state index contributed by atoms with van der Waals surface area (Å²) in [5.74, 6) is 0.327. The van der Waals surface area contributed by atoms with Gasteiger partial charge >= 0.3 is 0 Å². The third-order valence-electron chi connectivity index (χ3n) is 5.68. The van der Waals surface area contributed by atoms with Crippen molar-refractivity contribution < 1.29 is 14.4 Å². The van der Waals surface area contributed by atoms with Crippen LogP contribution in [0.3, 0.4) is 0 Å². The van der Waals surface area contributed by atoms with Gasteiger partial charge in [-0.05, 0) is 73.7 Å². The Morgan fingerprint density at radius 2 is 1.75 bits per heavy atom. The number of carbonyl (C=O) groups excluding carboxylic acids is 3. The Bertz CT molecular complexity index is 985. The lowest BCUT2D eigenvalue weighted by Gasteiger charge is -2.31. The second kappa shape index (κ2) is 10.3. The van der Waals surface area contributed by atoms with Crippen molar-refractivity contribution in [3.8, 4) is 0 Å². The summed E-state index contributed by atoms with van der Waals surface area (Å²) in [7, 11) is 3.39. The van der Waals surface area contributed by atoms with E-state index in [2.05, 4.69) is 17.6 Å². The number of piperidine rings is 1. The van der Waals surface area contributed by atoms with Gasteiger partial charge < -0.3 is 20.4 Å². The molecular formula is C25H32N4O3. The van der Waals surface area contributed by atoms with Crippen molar-refractivity contribution in [1.82, 2.24) is 9.80 Å². The fraction of sp³-hybridized carbons (Fsp3) is 0.400. The van der Waals surface area contributed by atoms with E-state index in [9.17, 15) is 14.4 Å². The summed E-state index contributed by atoms with van der Waals surface area (Å²) < 4.78 is 0. The normalized spacial score (nSPS) is 15.8. The van der Waals surface area contributed by atoms with Crippen molar-refractivity contribution in [2.45, 2.75) is 26.7 Å². The maximum Gasteiger partial charge on any atom is 0.253 e. The van der Waals surface area contributed by atoms with Gasteiger partial charge in [-0.2, -0.15) is 0 Å². The summed E-state index contributed by atoms with van der Waals surface area (Å²) in [6, 6.07) is 12.3. The van der Waals surface area contributed by atoms with Gasteiger partial charge in [0.25, 0.3) is 11.8 Å². The zero-order valence-electron chi connectivity index (χ0n) is 19.3. The molecule has 1 saturated heterocycles. The van der Waals surface area contributed by atoms with Gasteiger partial charge in [0.2, 0.25) is 5.91 Å². The van der Waals surface area contributed by atoms with Crippen LogP contribution in [0.25, 0.3) is 0 Å². The maximum atomic E-state index is 12.8. The first-order chi connectivity index (χ1) is 15.2. The Morgan fingerprint density at radius 1 is 1.06 bits per heavy atom. The molecular weight excluding hydrogens is 404 g/mol. The second-order valence-corrected chi connectivity index (χ2v) is 8.71. The lowest BCUT2D eigenvalue weighted by Crippen LogP contribution is -2.39. The molecule has 0 aromatic heterocycles. The average molecular weight is 437 g/mol. The summed E-state index contributed by atoms with van der Waals surface area (Å²) in [5, 5.41) is 5.95. The van der Waals surface area contributed by atoms with Gasteiger partial charge in [-0.25, -0.2) is 0 Å². The molecule has 0 radical (unpaired) electrons. The number of nitrogens with zero attached hydrogens (tertiary/aromatic N) is 2. The Balaban J connectivity index is 1.54. The molecule has 1 aliphatic rings. The number of likely N-dealkylation sites (tertiary alicyclic amines) is 1. The number of hydrogen-bond acceptors (Lipinski definition) is 4. The first kappa shape index (κ1) is 23.3. The van der Waals surface area contributed by atoms with E-state index in [0.717, 1.165) is 30.8 Å². The van der Waals surface area contributed by atoms with Gasteiger partial charge in [0.05, 0.1) is 6.54 Å². The number of hydrogen-bond donors (Lipinski definition) is 2. The second-order valence-electron chi connectivity index (χ2n) is 8.71. The third-order valence-corrected chi connectivity index (χ3v) is 5.68. The molecule has 0 spiro atoms. The van der Waals surface area contributed by atoms with Gasteiger partial charge in [0.1, 0.15) is 0 Å². The maximum absolute atomic E-state index is 12.8. The topological polar surface area (TPSA) is 81.8 Å². The molecule has 7 nitrogen and oxygen atoms in total. The molecule has 1 heterocycles. The number of anilines is 2. The molecule has 32 heavy (non-hydrogen) atoms. The van der Waals surface area contributed by atoms with Crippen molar-refractivity contribution >= 4 is 29.1 Å². The predicted molar refractivity (Wildman–Crippen MR) is 127 cm³/mol. The first-order valence-electron chi connectivity index (χ1n) is 11.0. The van der Waals surface area contributed by atoms with Gasteiger partial charge in [-0.3, -0.25) is 14.4 Å². The molecule has 1 unspecified atom stereocenters. The number of aryl methyl sites for hydroxylation is 1. The Hall–Kier alpha value is -3.35. The zero-order chi connectivity index (χ0) is 23.3. The monoisotopic (exact) mass is 436 g/mol. The highest BCUT2D eigenvalue weighted by atomic mass is 16.2. The number of benzene rings is 2. The minimum absolute atomic E-state index is 0.0696. The quantitative estimate of drug-likeness (QED) is 0.725. The van der Waals surface area contributed by atoms with Crippen molar-refractivity contribution in [3.63, 3.8) is 0 Å². The zero-order valence-corrected chi connectivity index (χ0v) is 19.3. The van der Waals surface area contributed by atoms with E-state index >= 15 is 0 Å². The van der Waals surface area contributed by atoms with E-state index in [-0.39, 0.29) is 24.3 Å². The summed E-state index contributed by atoms with van der Waals surface area (Å²) in [6.07, 6.45) is 2.22. The summed E-state index contributed by atoms with van der Waals surface area (Å²) in [5.41, 5.74) is 3.60. The van der Waals surface area contributed by atoms with Crippen LogP contribution in [0.5, 0.6) is 0 Å². The molecule has 2 aromatic carbocycles. The van der Waals surface area contributed by atoms with E-state index in [4.69, 9.17) is 0 Å². The highest BCUT2D eigenvalue weighted by Gasteiger charge is 2.22. The lowest BCUT2D eigenvalue weighted by molar-refractivity contribution is -0.114. The van der Waals surface area contributed by atoms with Crippen LogP contribution in [-0.4, -0.2) is 61.3 Å². The van der Waals surface area contributed by atoms with Gasteiger partial charge in [0, 0.05) is 49.7 Å². The fourth-order valence-corrected chi connectivity index (χ4v) is 3.89. The van der Waals surface area contributed by atoms with Crippen LogP contribution in [0.2, 0.25) is 0 Å². The van der Waals surface area contributed by atoms with E-state index < -0.39 is 0 Å². The number of nitrogens with one attached hydrogen (secondary N) is 2. The molecule has 1 atom stereocenters. The molecule has 1 fully saturated rings. The largest absolute Gasteiger partial charge is 0.376 e. The van der Waals surface area contributed by atoms with Crippen LogP contribution in [0.4, 0.5) is 11.4 Å². The Kier molecular flexibility index (Phi) is 7.51. The standard InChI is InChI=1S/C25H32N4O3/c1-17-6-5-13-29(16-17)25(32)20-9-12-22(18(2)14-20)26-15-23(30)27-21-10-7-19(8-11-21)24(31)28(3)4/h7-12,14,17,26H,5-6,13,15-16H2,1-4H3,(H,27,30). The van der Waals surface area contributed by atoms with Crippen molar-refractivity contribution in [2.24, 2.45) is 5.92 Å². The predicted octanol–water partition coefficient (Wildman–Crippen LogP) is 3.62. The van der Waals surface area contributed by atoms with Gasteiger partial charge in [0.15, 0.2) is 0 Å². The molecule has 2 aromatic rings. The van der Waals surface area contributed by atoms with Crippen LogP contribution in [-0.2, 0) is 4.79 Å². The van der Waals surface area contributed by atoms with Crippen molar-refractivity contribution in [2.75, 3.05) is 44.4 Å². The smallest absolute Gasteiger partial charge is 0.253 e. The average Bonchev–Trinajstić information content (AvgIpc) is 2.77. The molecule has 0 saturated carbocycles. The fourth-order valence-electron chi connectivity index (χ4n) is 3.89. The summed E-state index contributed by atoms with van der Waals surface area (Å²) >= 11 is 0. The van der Waals surface area contributed by atoms with Gasteiger partial charge in [-0.1, -0.05) is 6.92 Å². The number of carbonyl (C=O) groups is 3. The molecule has 1 aliphatic heterocycles. The molecule has 0 bridgehead atoms. The van der Waals surface area contributed by atoms with Crippen LogP contribution in [0, 0.1) is 12.8 Å². The number of amides is 3. The van der Waals surface area contributed by atoms with Crippen LogP contribution < -0.4 is 10.6 Å². The van der Waals surface area contributed by atoms with E-state index in [1.165, 1.54) is 11.3 Å². The minimum atomic E-state index is -0.196. The Labute approximate surface area is 189 Å². The van der Waals surface area contributed by atoms with Crippen molar-refractivity contribution in [1.29, 1.82) is 0 Å². The van der Waals surface area contributed by atoms with Crippen LogP contribution in [0.1, 0.15) is 46.0 Å². The lowest BCUT2D eigenvalue weighted by atomic mass is 9.99. The number of rotatable bonds is 6. The molecule has 2 N–H and O–H groups in total. The van der Waals surface area contributed by atoms with E-state index in [1.807, 2.05) is 30.0 Å². The molecule has 3 rings (SSSR count). The highest BCUT2D eigenvalue weighted by molar-refractivity contribution is 5.97. The molecule has 7 heteroatoms. The highest BCUT2D eigenvalue weighted by Crippen LogP contribution is 2.21. The van der Waals surface area contributed by atoms with Crippen molar-refractivity contribution in [3.05, 3.63) is 59.2 Å². The van der Waals surface area contributed by atoms with Crippen LogP contribution in [0.15, 0.2) is 42.5 Å². The minimum Gasteiger partial charge on any atom is -0.376 e. The van der Waals surface area contributed by atoms with Gasteiger partial charge in [-0.15, -0.1) is 0 Å². The molecule has 170 valence electrons. The molecule has 3 amide bonds. The summed E-state index contributed by atoms with van der Waals surface area (Å²) in [4.78, 5) is 40.5. The SMILES string of the molecule is Cc1cc(C(=O)N2CCCC(C)C2)ccc1NCC(=O)Nc1ccc(C(=O)N(C)C)cc1. The Morgan fingerprint density at radius 3 is 2.38 bits per heavy atom.